The highest BCUT2D eigenvalue weighted by molar-refractivity contribution is 8.00. The quantitative estimate of drug-likeness (QED) is 0.864. The van der Waals surface area contributed by atoms with Crippen LogP contribution in [0.5, 0.6) is 0 Å². The Labute approximate surface area is 104 Å². The van der Waals surface area contributed by atoms with E-state index >= 15 is 0 Å². The van der Waals surface area contributed by atoms with E-state index in [9.17, 15) is 9.90 Å². The van der Waals surface area contributed by atoms with Crippen molar-refractivity contribution in [3.63, 3.8) is 0 Å². The van der Waals surface area contributed by atoms with Crippen LogP contribution in [0.3, 0.4) is 0 Å². The average Bonchev–Trinajstić information content (AvgIpc) is 2.32. The van der Waals surface area contributed by atoms with Gasteiger partial charge in [-0.3, -0.25) is 0 Å². The molecule has 4 nitrogen and oxygen atoms in total. The highest BCUT2D eigenvalue weighted by atomic mass is 32.2. The molecule has 1 aliphatic rings. The summed E-state index contributed by atoms with van der Waals surface area (Å²) in [6.07, 6.45) is 5.09. The second kappa shape index (κ2) is 5.51. The first-order valence-electron chi connectivity index (χ1n) is 5.71. The summed E-state index contributed by atoms with van der Waals surface area (Å²) in [4.78, 5) is 15.1. The van der Waals surface area contributed by atoms with Crippen LogP contribution in [0.4, 0.5) is 0 Å². The van der Waals surface area contributed by atoms with Crippen molar-refractivity contribution in [3.8, 4) is 0 Å². The number of nitrogens with zero attached hydrogens (tertiary/aromatic N) is 1. The van der Waals surface area contributed by atoms with Gasteiger partial charge in [0.1, 0.15) is 5.03 Å². The van der Waals surface area contributed by atoms with Gasteiger partial charge in [0.05, 0.1) is 11.7 Å². The Bertz CT molecular complexity index is 410. The molecule has 0 saturated heterocycles. The lowest BCUT2D eigenvalue weighted by atomic mass is 9.97. The molecule has 0 aromatic carbocycles. The number of hydrogen-bond acceptors (Lipinski definition) is 4. The smallest absolute Gasteiger partial charge is 0.338 e. The molecule has 2 atom stereocenters. The number of aliphatic hydroxyl groups excluding tert-OH is 1. The first-order valence-corrected chi connectivity index (χ1v) is 6.59. The Hall–Kier alpha value is -1.07. The highest BCUT2D eigenvalue weighted by Crippen LogP contribution is 2.34. The number of aromatic nitrogens is 1. The highest BCUT2D eigenvalue weighted by Gasteiger charge is 2.26. The molecule has 92 valence electrons. The van der Waals surface area contributed by atoms with Gasteiger partial charge < -0.3 is 10.2 Å². The Morgan fingerprint density at radius 2 is 2.18 bits per heavy atom. The first kappa shape index (κ1) is 12.4. The third kappa shape index (κ3) is 2.98. The van der Waals surface area contributed by atoms with Crippen LogP contribution in [0.1, 0.15) is 36.0 Å². The number of pyridine rings is 1. The van der Waals surface area contributed by atoms with Gasteiger partial charge in [-0.25, -0.2) is 9.78 Å². The molecular weight excluding hydrogens is 238 g/mol. The molecule has 1 aromatic heterocycles. The number of aromatic carboxylic acids is 1. The summed E-state index contributed by atoms with van der Waals surface area (Å²) in [7, 11) is 0. The molecule has 1 saturated carbocycles. The molecule has 2 rings (SSSR count). The molecule has 2 unspecified atom stereocenters. The maximum absolute atomic E-state index is 11.0. The van der Waals surface area contributed by atoms with E-state index in [1.807, 2.05) is 0 Å². The largest absolute Gasteiger partial charge is 0.478 e. The molecule has 0 aliphatic heterocycles. The van der Waals surface area contributed by atoms with Gasteiger partial charge >= 0.3 is 5.97 Å². The lowest BCUT2D eigenvalue weighted by Gasteiger charge is -2.26. The molecule has 0 spiro atoms. The summed E-state index contributed by atoms with van der Waals surface area (Å²) in [5, 5.41) is 19.5. The van der Waals surface area contributed by atoms with Crippen molar-refractivity contribution in [2.75, 3.05) is 0 Å². The first-order chi connectivity index (χ1) is 8.18. The van der Waals surface area contributed by atoms with Crippen molar-refractivity contribution >= 4 is 17.7 Å². The molecule has 0 radical (unpaired) electrons. The molecule has 1 aromatic rings. The molecule has 1 fully saturated rings. The molecule has 2 N–H and O–H groups in total. The fourth-order valence-corrected chi connectivity index (χ4v) is 3.27. The van der Waals surface area contributed by atoms with Crippen LogP contribution in [0, 0.1) is 0 Å². The van der Waals surface area contributed by atoms with E-state index < -0.39 is 5.97 Å². The summed E-state index contributed by atoms with van der Waals surface area (Å²) in [5.74, 6) is -0.967. The maximum Gasteiger partial charge on any atom is 0.338 e. The van der Waals surface area contributed by atoms with Crippen LogP contribution >= 0.6 is 11.8 Å². The summed E-state index contributed by atoms with van der Waals surface area (Å²) < 4.78 is 0. The minimum absolute atomic E-state index is 0.0664. The van der Waals surface area contributed by atoms with E-state index in [0.717, 1.165) is 25.7 Å². The predicted molar refractivity (Wildman–Crippen MR) is 65.3 cm³/mol. The van der Waals surface area contributed by atoms with E-state index in [0.29, 0.717) is 5.03 Å². The van der Waals surface area contributed by atoms with Crippen molar-refractivity contribution in [1.82, 2.24) is 4.98 Å². The van der Waals surface area contributed by atoms with Crippen molar-refractivity contribution < 1.29 is 15.0 Å². The van der Waals surface area contributed by atoms with Crippen molar-refractivity contribution in [1.29, 1.82) is 0 Å². The van der Waals surface area contributed by atoms with Crippen LogP contribution in [0.15, 0.2) is 23.4 Å². The van der Waals surface area contributed by atoms with E-state index in [4.69, 9.17) is 5.11 Å². The molecule has 0 bridgehead atoms. The molecular formula is C12H15NO3S. The predicted octanol–water partition coefficient (Wildman–Crippen LogP) is 2.18. The summed E-state index contributed by atoms with van der Waals surface area (Å²) in [6, 6.07) is 3.16. The number of carbonyl (C=O) groups is 1. The Balaban J connectivity index is 2.14. The fourth-order valence-electron chi connectivity index (χ4n) is 2.01. The van der Waals surface area contributed by atoms with Gasteiger partial charge in [-0.05, 0) is 25.0 Å². The maximum atomic E-state index is 11.0. The van der Waals surface area contributed by atoms with E-state index in [1.165, 1.54) is 11.8 Å². The van der Waals surface area contributed by atoms with Gasteiger partial charge in [0.15, 0.2) is 0 Å². The summed E-state index contributed by atoms with van der Waals surface area (Å²) in [5.41, 5.74) is 0.218. The monoisotopic (exact) mass is 253 g/mol. The van der Waals surface area contributed by atoms with Gasteiger partial charge in [-0.1, -0.05) is 24.6 Å². The van der Waals surface area contributed by atoms with Gasteiger partial charge in [0.2, 0.25) is 0 Å². The van der Waals surface area contributed by atoms with Crippen LogP contribution in [-0.2, 0) is 0 Å². The zero-order chi connectivity index (χ0) is 12.3. The lowest BCUT2D eigenvalue weighted by Crippen LogP contribution is -2.27. The third-order valence-corrected chi connectivity index (χ3v) is 4.33. The number of thioether (sulfide) groups is 1. The topological polar surface area (TPSA) is 70.4 Å². The molecule has 17 heavy (non-hydrogen) atoms. The van der Waals surface area contributed by atoms with E-state index in [-0.39, 0.29) is 16.9 Å². The number of hydrogen-bond donors (Lipinski definition) is 2. The van der Waals surface area contributed by atoms with Crippen LogP contribution in [0.2, 0.25) is 0 Å². The molecule has 0 amide bonds. The number of rotatable bonds is 3. The average molecular weight is 253 g/mol. The molecule has 1 aliphatic carbocycles. The zero-order valence-electron chi connectivity index (χ0n) is 9.37. The van der Waals surface area contributed by atoms with Crippen LogP contribution in [0.25, 0.3) is 0 Å². The Kier molecular flexibility index (Phi) is 4.02. The molecule has 5 heteroatoms. The van der Waals surface area contributed by atoms with Crippen molar-refractivity contribution in [2.45, 2.75) is 42.1 Å². The Morgan fingerprint density at radius 3 is 2.88 bits per heavy atom. The zero-order valence-corrected chi connectivity index (χ0v) is 10.2. The van der Waals surface area contributed by atoms with Gasteiger partial charge in [-0.2, -0.15) is 0 Å². The lowest BCUT2D eigenvalue weighted by molar-refractivity contribution is 0.0692. The van der Waals surface area contributed by atoms with Gasteiger partial charge in [0.25, 0.3) is 0 Å². The standard InChI is InChI=1S/C12H15NO3S/c14-9-5-1-2-6-10(9)17-11-8(12(15)16)4-3-7-13-11/h3-4,7,9-10,14H,1-2,5-6H2,(H,15,16). The van der Waals surface area contributed by atoms with E-state index in [2.05, 4.69) is 4.98 Å². The normalized spacial score (nSPS) is 24.5. The fraction of sp³-hybridized carbons (Fsp3) is 0.500. The van der Waals surface area contributed by atoms with Crippen molar-refractivity contribution in [2.24, 2.45) is 0 Å². The third-order valence-electron chi connectivity index (χ3n) is 2.93. The minimum atomic E-state index is -0.967. The number of carboxylic acids is 1. The van der Waals surface area contributed by atoms with Crippen molar-refractivity contribution in [3.05, 3.63) is 23.9 Å². The number of carboxylic acid groups (broad SMARTS) is 1. The second-order valence-electron chi connectivity index (χ2n) is 4.17. The second-order valence-corrected chi connectivity index (χ2v) is 5.40. The summed E-state index contributed by atoms with van der Waals surface area (Å²) >= 11 is 1.39. The summed E-state index contributed by atoms with van der Waals surface area (Å²) in [6.45, 7) is 0. The number of aliphatic hydroxyl groups is 1. The Morgan fingerprint density at radius 1 is 1.41 bits per heavy atom. The van der Waals surface area contributed by atoms with Crippen LogP contribution in [-0.4, -0.2) is 32.5 Å². The molecule has 1 heterocycles. The van der Waals surface area contributed by atoms with Gasteiger partial charge in [-0.15, -0.1) is 0 Å². The minimum Gasteiger partial charge on any atom is -0.478 e. The van der Waals surface area contributed by atoms with Gasteiger partial charge in [0, 0.05) is 11.4 Å². The van der Waals surface area contributed by atoms with Crippen LogP contribution < -0.4 is 0 Å². The van der Waals surface area contributed by atoms with E-state index in [1.54, 1.807) is 18.3 Å². The SMILES string of the molecule is O=C(O)c1cccnc1SC1CCCCC1O.